The molecule has 0 bridgehead atoms. The molecule has 1 aromatic heterocycles. The molecule has 7 heteroatoms. The fraction of sp³-hybridized carbons (Fsp3) is 0.444. The Morgan fingerprint density at radius 2 is 2.19 bits per heavy atom. The molecule has 0 unspecified atom stereocenters. The molecule has 0 aliphatic rings. The van der Waals surface area contributed by atoms with Gasteiger partial charge in [-0.15, -0.1) is 0 Å². The van der Waals surface area contributed by atoms with Crippen molar-refractivity contribution in [1.29, 1.82) is 0 Å². The molecule has 0 aromatic carbocycles. The Morgan fingerprint density at radius 3 is 2.81 bits per heavy atom. The van der Waals surface area contributed by atoms with E-state index >= 15 is 0 Å². The molecule has 1 rings (SSSR count). The first-order chi connectivity index (χ1) is 7.58. The Kier molecular flexibility index (Phi) is 5.33. The molecule has 0 fully saturated rings. The number of aromatic nitrogens is 1. The van der Waals surface area contributed by atoms with Crippen molar-refractivity contribution in [3.8, 4) is 0 Å². The van der Waals surface area contributed by atoms with Crippen LogP contribution < -0.4 is 15.2 Å². The van der Waals surface area contributed by atoms with E-state index in [1.807, 2.05) is 12.1 Å². The van der Waals surface area contributed by atoms with E-state index in [4.69, 9.17) is 5.14 Å². The lowest BCUT2D eigenvalue weighted by molar-refractivity contribution is 0.575. The third kappa shape index (κ3) is 6.46. The Balaban J connectivity index is 2.05. The lowest BCUT2D eigenvalue weighted by Crippen LogP contribution is -2.32. The lowest BCUT2D eigenvalue weighted by atomic mass is 10.3. The van der Waals surface area contributed by atoms with Gasteiger partial charge < -0.3 is 5.32 Å². The standard InChI is InChI=1S/C9H16N4O2S/c10-16(14,15)13-6-2-5-12-8-9-3-1-4-11-7-9/h1,3-4,7,12-13H,2,5-6,8H2,(H2,10,14,15). The summed E-state index contributed by atoms with van der Waals surface area (Å²) in [6.45, 7) is 1.79. The maximum atomic E-state index is 10.5. The van der Waals surface area contributed by atoms with Crippen molar-refractivity contribution in [2.45, 2.75) is 13.0 Å². The Hall–Kier alpha value is -1.02. The highest BCUT2D eigenvalue weighted by molar-refractivity contribution is 7.87. The highest BCUT2D eigenvalue weighted by Crippen LogP contribution is 1.93. The Morgan fingerprint density at radius 1 is 1.38 bits per heavy atom. The topological polar surface area (TPSA) is 97.1 Å². The van der Waals surface area contributed by atoms with Gasteiger partial charge in [0.1, 0.15) is 0 Å². The normalized spacial score (nSPS) is 11.6. The predicted molar refractivity (Wildman–Crippen MR) is 61.7 cm³/mol. The van der Waals surface area contributed by atoms with Crippen molar-refractivity contribution < 1.29 is 8.42 Å². The average Bonchev–Trinajstić information content (AvgIpc) is 2.23. The van der Waals surface area contributed by atoms with Crippen LogP contribution in [-0.2, 0) is 16.8 Å². The van der Waals surface area contributed by atoms with E-state index in [0.717, 1.165) is 18.7 Å². The SMILES string of the molecule is NS(=O)(=O)NCCCNCc1cccnc1. The van der Waals surface area contributed by atoms with Gasteiger partial charge in [-0.1, -0.05) is 6.07 Å². The number of rotatable bonds is 7. The molecule has 0 saturated carbocycles. The van der Waals surface area contributed by atoms with Gasteiger partial charge in [-0.25, -0.2) is 9.86 Å². The molecule has 0 atom stereocenters. The first kappa shape index (κ1) is 13.0. The van der Waals surface area contributed by atoms with E-state index in [0.29, 0.717) is 13.0 Å². The molecule has 6 nitrogen and oxygen atoms in total. The second-order valence-corrected chi connectivity index (χ2v) is 4.71. The van der Waals surface area contributed by atoms with Crippen molar-refractivity contribution in [2.24, 2.45) is 5.14 Å². The maximum absolute atomic E-state index is 10.5. The van der Waals surface area contributed by atoms with E-state index in [1.165, 1.54) is 0 Å². The first-order valence-corrected chi connectivity index (χ1v) is 6.49. The summed E-state index contributed by atoms with van der Waals surface area (Å²) in [5.74, 6) is 0. The van der Waals surface area contributed by atoms with Gasteiger partial charge in [-0.3, -0.25) is 4.98 Å². The lowest BCUT2D eigenvalue weighted by Gasteiger charge is -2.04. The van der Waals surface area contributed by atoms with Crippen LogP contribution in [0.1, 0.15) is 12.0 Å². The minimum absolute atomic E-state index is 0.346. The Labute approximate surface area is 95.4 Å². The molecule has 16 heavy (non-hydrogen) atoms. The molecule has 1 aromatic rings. The third-order valence-electron chi connectivity index (χ3n) is 1.89. The van der Waals surface area contributed by atoms with Crippen LogP contribution >= 0.6 is 0 Å². The molecule has 90 valence electrons. The first-order valence-electron chi connectivity index (χ1n) is 4.95. The smallest absolute Gasteiger partial charge is 0.274 e. The molecule has 0 amide bonds. The van der Waals surface area contributed by atoms with Gasteiger partial charge in [0, 0.05) is 25.5 Å². The zero-order valence-corrected chi connectivity index (χ0v) is 9.70. The number of pyridine rings is 1. The highest BCUT2D eigenvalue weighted by Gasteiger charge is 1.98. The van der Waals surface area contributed by atoms with Crippen molar-refractivity contribution in [1.82, 2.24) is 15.0 Å². The largest absolute Gasteiger partial charge is 0.313 e. The predicted octanol–water partition coefficient (Wildman–Crippen LogP) is -0.646. The summed E-state index contributed by atoms with van der Waals surface area (Å²) in [5, 5.41) is 7.95. The molecule has 0 spiro atoms. The van der Waals surface area contributed by atoms with Crippen LogP contribution in [0.2, 0.25) is 0 Å². The van der Waals surface area contributed by atoms with Crippen LogP contribution in [0, 0.1) is 0 Å². The molecule has 4 N–H and O–H groups in total. The zero-order chi connectivity index (χ0) is 11.9. The van der Waals surface area contributed by atoms with Gasteiger partial charge in [-0.05, 0) is 24.6 Å². The number of nitrogens with one attached hydrogen (secondary N) is 2. The van der Waals surface area contributed by atoms with Crippen molar-refractivity contribution in [3.63, 3.8) is 0 Å². The Bertz CT molecular complexity index is 393. The van der Waals surface area contributed by atoms with Crippen molar-refractivity contribution in [3.05, 3.63) is 30.1 Å². The molecule has 0 saturated heterocycles. The van der Waals surface area contributed by atoms with Gasteiger partial charge in [0.25, 0.3) is 10.2 Å². The van der Waals surface area contributed by atoms with Gasteiger partial charge in [0.15, 0.2) is 0 Å². The molecule has 0 aliphatic heterocycles. The number of nitrogens with zero attached hydrogens (tertiary/aromatic N) is 1. The van der Waals surface area contributed by atoms with E-state index in [2.05, 4.69) is 15.0 Å². The minimum atomic E-state index is -3.55. The highest BCUT2D eigenvalue weighted by atomic mass is 32.2. The molecular weight excluding hydrogens is 228 g/mol. The van der Waals surface area contributed by atoms with Crippen molar-refractivity contribution in [2.75, 3.05) is 13.1 Å². The number of hydrogen-bond acceptors (Lipinski definition) is 4. The van der Waals surface area contributed by atoms with Gasteiger partial charge in [0.05, 0.1) is 0 Å². The van der Waals surface area contributed by atoms with Crippen LogP contribution in [-0.4, -0.2) is 26.5 Å². The summed E-state index contributed by atoms with van der Waals surface area (Å²) < 4.78 is 23.3. The summed E-state index contributed by atoms with van der Waals surface area (Å²) in [6.07, 6.45) is 4.20. The number of nitrogens with two attached hydrogens (primary N) is 1. The molecular formula is C9H16N4O2S. The van der Waals surface area contributed by atoms with Gasteiger partial charge in [-0.2, -0.15) is 8.42 Å². The quantitative estimate of drug-likeness (QED) is 0.555. The second-order valence-electron chi connectivity index (χ2n) is 3.33. The van der Waals surface area contributed by atoms with Crippen LogP contribution in [0.25, 0.3) is 0 Å². The van der Waals surface area contributed by atoms with Crippen molar-refractivity contribution >= 4 is 10.2 Å². The summed E-state index contributed by atoms with van der Waals surface area (Å²) in [6, 6.07) is 3.85. The maximum Gasteiger partial charge on any atom is 0.274 e. The summed E-state index contributed by atoms with van der Waals surface area (Å²) >= 11 is 0. The number of hydrogen-bond donors (Lipinski definition) is 3. The molecule has 0 radical (unpaired) electrons. The minimum Gasteiger partial charge on any atom is -0.313 e. The summed E-state index contributed by atoms with van der Waals surface area (Å²) in [4.78, 5) is 3.98. The van der Waals surface area contributed by atoms with Crippen LogP contribution in [0.4, 0.5) is 0 Å². The fourth-order valence-corrected chi connectivity index (χ4v) is 1.59. The monoisotopic (exact) mass is 244 g/mol. The second kappa shape index (κ2) is 6.54. The van der Waals surface area contributed by atoms with Crippen LogP contribution in [0.15, 0.2) is 24.5 Å². The van der Waals surface area contributed by atoms with Gasteiger partial charge in [0.2, 0.25) is 0 Å². The summed E-state index contributed by atoms with van der Waals surface area (Å²) in [5.41, 5.74) is 1.10. The fourth-order valence-electron chi connectivity index (χ4n) is 1.16. The van der Waals surface area contributed by atoms with Crippen LogP contribution in [0.3, 0.4) is 0 Å². The van der Waals surface area contributed by atoms with E-state index in [-0.39, 0.29) is 0 Å². The third-order valence-corrected chi connectivity index (χ3v) is 2.49. The average molecular weight is 244 g/mol. The molecule has 0 aliphatic carbocycles. The summed E-state index contributed by atoms with van der Waals surface area (Å²) in [7, 11) is -3.55. The van der Waals surface area contributed by atoms with Gasteiger partial charge >= 0.3 is 0 Å². The molecule has 1 heterocycles. The van der Waals surface area contributed by atoms with Crippen LogP contribution in [0.5, 0.6) is 0 Å². The van der Waals surface area contributed by atoms with E-state index in [1.54, 1.807) is 12.4 Å². The van der Waals surface area contributed by atoms with E-state index in [9.17, 15) is 8.42 Å². The van der Waals surface area contributed by atoms with E-state index < -0.39 is 10.2 Å². The zero-order valence-electron chi connectivity index (χ0n) is 8.89.